The molecule has 2 aromatic heterocycles. The van der Waals surface area contributed by atoms with Crippen molar-refractivity contribution in [1.82, 2.24) is 14.9 Å². The number of hydrogen-bond donors (Lipinski definition) is 0. The minimum atomic E-state index is -0.299. The Labute approximate surface area is 184 Å². The minimum Gasteiger partial charge on any atom is -0.493 e. The molecule has 0 unspecified atom stereocenters. The summed E-state index contributed by atoms with van der Waals surface area (Å²) in [6, 6.07) is 8.05. The molecule has 0 saturated carbocycles. The van der Waals surface area contributed by atoms with E-state index < -0.39 is 0 Å². The van der Waals surface area contributed by atoms with Crippen molar-refractivity contribution in [3.05, 3.63) is 64.4 Å². The third-order valence-corrected chi connectivity index (χ3v) is 7.84. The van der Waals surface area contributed by atoms with Gasteiger partial charge in [-0.2, -0.15) is 0 Å². The summed E-state index contributed by atoms with van der Waals surface area (Å²) in [6.45, 7) is 2.83. The number of benzene rings is 1. The molecule has 1 aromatic carbocycles. The lowest BCUT2D eigenvalue weighted by atomic mass is 9.82. The van der Waals surface area contributed by atoms with E-state index in [1.54, 1.807) is 23.7 Å². The van der Waals surface area contributed by atoms with Crippen molar-refractivity contribution in [3.63, 3.8) is 0 Å². The smallest absolute Gasteiger partial charge is 0.253 e. The molecule has 0 bridgehead atoms. The first-order chi connectivity index (χ1) is 15.2. The molecule has 158 valence electrons. The van der Waals surface area contributed by atoms with Crippen molar-refractivity contribution >= 4 is 17.2 Å². The monoisotopic (exact) mass is 433 g/mol. The summed E-state index contributed by atoms with van der Waals surface area (Å²) in [5, 5.41) is 0. The SMILES string of the molecule is O=C(c1ccc2c(c1)CCO2)N1CCC2(CC1)OCCc1sc(-c3cnccn3)cc12. The second-order valence-electron chi connectivity index (χ2n) is 8.34. The van der Waals surface area contributed by atoms with E-state index in [1.807, 2.05) is 29.3 Å². The molecule has 1 spiro atoms. The molecule has 0 aliphatic carbocycles. The summed E-state index contributed by atoms with van der Waals surface area (Å²) in [4.78, 5) is 26.3. The summed E-state index contributed by atoms with van der Waals surface area (Å²) in [5.74, 6) is 1.01. The standard InChI is InChI=1S/C24H23N3O3S/c28-23(17-1-2-20-16(13-17)3-11-29-20)27-9-5-24(6-10-27)18-14-22(19-15-25-7-8-26-19)31-21(18)4-12-30-24/h1-2,7-8,13-15H,3-6,9-12H2. The summed E-state index contributed by atoms with van der Waals surface area (Å²) >= 11 is 1.80. The third-order valence-electron chi connectivity index (χ3n) is 6.62. The van der Waals surface area contributed by atoms with E-state index >= 15 is 0 Å². The number of fused-ring (bicyclic) bond motifs is 3. The fourth-order valence-electron chi connectivity index (χ4n) is 4.96. The van der Waals surface area contributed by atoms with Gasteiger partial charge < -0.3 is 14.4 Å². The van der Waals surface area contributed by atoms with Crippen molar-refractivity contribution in [2.45, 2.75) is 31.3 Å². The predicted octanol–water partition coefficient (Wildman–Crippen LogP) is 3.84. The number of hydrogen-bond acceptors (Lipinski definition) is 6. The van der Waals surface area contributed by atoms with Gasteiger partial charge >= 0.3 is 0 Å². The van der Waals surface area contributed by atoms with Gasteiger partial charge in [0.25, 0.3) is 5.91 Å². The van der Waals surface area contributed by atoms with E-state index in [0.717, 1.165) is 59.7 Å². The second kappa shape index (κ2) is 7.43. The van der Waals surface area contributed by atoms with E-state index in [2.05, 4.69) is 16.0 Å². The summed E-state index contributed by atoms with van der Waals surface area (Å²) in [5.41, 5.74) is 3.78. The Morgan fingerprint density at radius 1 is 1.10 bits per heavy atom. The molecule has 31 heavy (non-hydrogen) atoms. The Morgan fingerprint density at radius 3 is 2.84 bits per heavy atom. The topological polar surface area (TPSA) is 64.5 Å². The first-order valence-electron chi connectivity index (χ1n) is 10.8. The summed E-state index contributed by atoms with van der Waals surface area (Å²) in [6.07, 6.45) is 8.68. The largest absolute Gasteiger partial charge is 0.493 e. The van der Waals surface area contributed by atoms with Crippen LogP contribution in [0.3, 0.4) is 0 Å². The molecule has 1 amide bonds. The predicted molar refractivity (Wildman–Crippen MR) is 117 cm³/mol. The number of amides is 1. The van der Waals surface area contributed by atoms with Gasteiger partial charge in [-0.15, -0.1) is 11.3 Å². The first kappa shape index (κ1) is 19.0. The highest BCUT2D eigenvalue weighted by Crippen LogP contribution is 2.46. The zero-order valence-electron chi connectivity index (χ0n) is 17.2. The maximum Gasteiger partial charge on any atom is 0.253 e. The van der Waals surface area contributed by atoms with Crippen LogP contribution >= 0.6 is 11.3 Å². The highest BCUT2D eigenvalue weighted by molar-refractivity contribution is 7.15. The summed E-state index contributed by atoms with van der Waals surface area (Å²) < 4.78 is 12.0. The lowest BCUT2D eigenvalue weighted by Crippen LogP contribution is -2.48. The number of likely N-dealkylation sites (tertiary alicyclic amines) is 1. The van der Waals surface area contributed by atoms with Crippen LogP contribution < -0.4 is 4.74 Å². The van der Waals surface area contributed by atoms with Crippen LogP contribution in [0.25, 0.3) is 10.6 Å². The molecular weight excluding hydrogens is 410 g/mol. The zero-order chi connectivity index (χ0) is 20.8. The molecule has 5 heterocycles. The number of rotatable bonds is 2. The number of ether oxygens (including phenoxy) is 2. The number of piperidine rings is 1. The molecule has 6 rings (SSSR count). The number of nitrogens with zero attached hydrogens (tertiary/aromatic N) is 3. The number of carbonyl (C=O) groups is 1. The van der Waals surface area contributed by atoms with Gasteiger partial charge in [-0.25, -0.2) is 0 Å². The van der Waals surface area contributed by atoms with Crippen molar-refractivity contribution in [2.24, 2.45) is 0 Å². The zero-order valence-corrected chi connectivity index (χ0v) is 18.0. The highest BCUT2D eigenvalue weighted by atomic mass is 32.1. The maximum atomic E-state index is 13.1. The molecule has 3 aromatic rings. The molecular formula is C24H23N3O3S. The van der Waals surface area contributed by atoms with Crippen molar-refractivity contribution in [2.75, 3.05) is 26.3 Å². The van der Waals surface area contributed by atoms with Gasteiger partial charge in [0.15, 0.2) is 0 Å². The molecule has 0 atom stereocenters. The van der Waals surface area contributed by atoms with Crippen molar-refractivity contribution in [1.29, 1.82) is 0 Å². The van der Waals surface area contributed by atoms with Crippen LogP contribution in [0.5, 0.6) is 5.75 Å². The Bertz CT molecular complexity index is 1140. The van der Waals surface area contributed by atoms with Gasteiger partial charge in [-0.05, 0) is 48.2 Å². The molecule has 1 fully saturated rings. The molecule has 1 saturated heterocycles. The average Bonchev–Trinajstić information content (AvgIpc) is 3.47. The second-order valence-corrected chi connectivity index (χ2v) is 9.48. The fraction of sp³-hybridized carbons (Fsp3) is 0.375. The van der Waals surface area contributed by atoms with Crippen LogP contribution in [0, 0.1) is 0 Å². The minimum absolute atomic E-state index is 0.103. The van der Waals surface area contributed by atoms with E-state index in [9.17, 15) is 4.79 Å². The Kier molecular flexibility index (Phi) is 4.54. The van der Waals surface area contributed by atoms with Crippen LogP contribution in [-0.4, -0.2) is 47.1 Å². The van der Waals surface area contributed by atoms with E-state index in [-0.39, 0.29) is 11.5 Å². The van der Waals surface area contributed by atoms with E-state index in [0.29, 0.717) is 19.7 Å². The third kappa shape index (κ3) is 3.23. The quantitative estimate of drug-likeness (QED) is 0.614. The summed E-state index contributed by atoms with van der Waals surface area (Å²) in [7, 11) is 0. The van der Waals surface area contributed by atoms with Crippen molar-refractivity contribution < 1.29 is 14.3 Å². The maximum absolute atomic E-state index is 13.1. The van der Waals surface area contributed by atoms with Crippen LogP contribution in [0.1, 0.15) is 39.2 Å². The number of aromatic nitrogens is 2. The van der Waals surface area contributed by atoms with E-state index in [1.165, 1.54) is 10.4 Å². The molecule has 6 nitrogen and oxygen atoms in total. The average molecular weight is 434 g/mol. The van der Waals surface area contributed by atoms with Crippen LogP contribution in [0.4, 0.5) is 0 Å². The van der Waals surface area contributed by atoms with E-state index in [4.69, 9.17) is 9.47 Å². The molecule has 3 aliphatic heterocycles. The van der Waals surface area contributed by atoms with Gasteiger partial charge in [0.2, 0.25) is 0 Å². The fourth-order valence-corrected chi connectivity index (χ4v) is 6.15. The Hall–Kier alpha value is -2.77. The highest BCUT2D eigenvalue weighted by Gasteiger charge is 2.43. The Morgan fingerprint density at radius 2 is 2.00 bits per heavy atom. The van der Waals surface area contributed by atoms with Crippen LogP contribution in [0.15, 0.2) is 42.9 Å². The molecule has 7 heteroatoms. The lowest BCUT2D eigenvalue weighted by molar-refractivity contribution is -0.0926. The Balaban J connectivity index is 1.22. The van der Waals surface area contributed by atoms with Gasteiger partial charge in [0.1, 0.15) is 5.75 Å². The normalized spacial score (nSPS) is 19.0. The molecule has 0 radical (unpaired) electrons. The number of thiophene rings is 1. The van der Waals surface area contributed by atoms with Crippen molar-refractivity contribution in [3.8, 4) is 16.3 Å². The van der Waals surface area contributed by atoms with Crippen LogP contribution in [0.2, 0.25) is 0 Å². The molecule has 3 aliphatic rings. The van der Waals surface area contributed by atoms with Gasteiger partial charge in [0, 0.05) is 48.8 Å². The van der Waals surface area contributed by atoms with Gasteiger partial charge in [-0.1, -0.05) is 0 Å². The number of carbonyl (C=O) groups excluding carboxylic acids is 1. The lowest BCUT2D eigenvalue weighted by Gasteiger charge is -2.44. The van der Waals surface area contributed by atoms with Crippen LogP contribution in [-0.2, 0) is 23.2 Å². The first-order valence-corrected chi connectivity index (χ1v) is 11.6. The van der Waals surface area contributed by atoms with Gasteiger partial charge in [0.05, 0.1) is 35.6 Å². The molecule has 0 N–H and O–H groups in total. The van der Waals surface area contributed by atoms with Gasteiger partial charge in [-0.3, -0.25) is 14.8 Å².